The SMILES string of the molecule is CC1C=CC(=N)CC1O. The van der Waals surface area contributed by atoms with Crippen molar-refractivity contribution in [3.8, 4) is 0 Å². The van der Waals surface area contributed by atoms with E-state index in [2.05, 4.69) is 0 Å². The van der Waals surface area contributed by atoms with Gasteiger partial charge in [0.15, 0.2) is 0 Å². The molecule has 2 nitrogen and oxygen atoms in total. The van der Waals surface area contributed by atoms with E-state index in [1.165, 1.54) is 0 Å². The summed E-state index contributed by atoms with van der Waals surface area (Å²) < 4.78 is 0. The van der Waals surface area contributed by atoms with E-state index in [1.54, 1.807) is 6.08 Å². The Balaban J connectivity index is 2.65. The van der Waals surface area contributed by atoms with E-state index in [9.17, 15) is 0 Å². The van der Waals surface area contributed by atoms with Crippen molar-refractivity contribution in [1.29, 1.82) is 5.41 Å². The lowest BCUT2D eigenvalue weighted by Gasteiger charge is -2.18. The van der Waals surface area contributed by atoms with Crippen LogP contribution in [0.15, 0.2) is 12.2 Å². The number of hydrogen-bond acceptors (Lipinski definition) is 2. The highest BCUT2D eigenvalue weighted by molar-refractivity contribution is 5.93. The second-order valence-corrected chi connectivity index (χ2v) is 2.51. The Hall–Kier alpha value is -0.630. The molecule has 2 heteroatoms. The quantitative estimate of drug-likeness (QED) is 0.497. The van der Waals surface area contributed by atoms with Crippen LogP contribution >= 0.6 is 0 Å². The largest absolute Gasteiger partial charge is 0.392 e. The number of rotatable bonds is 0. The normalized spacial score (nSPS) is 35.1. The minimum Gasteiger partial charge on any atom is -0.392 e. The van der Waals surface area contributed by atoms with Crippen LogP contribution in [0.25, 0.3) is 0 Å². The summed E-state index contributed by atoms with van der Waals surface area (Å²) in [6.45, 7) is 1.95. The van der Waals surface area contributed by atoms with Crippen molar-refractivity contribution in [1.82, 2.24) is 0 Å². The summed E-state index contributed by atoms with van der Waals surface area (Å²) in [5.41, 5.74) is 0.528. The van der Waals surface area contributed by atoms with E-state index in [0.717, 1.165) is 0 Å². The van der Waals surface area contributed by atoms with Gasteiger partial charge in [-0.3, -0.25) is 0 Å². The number of nitrogens with one attached hydrogen (secondary N) is 1. The van der Waals surface area contributed by atoms with E-state index < -0.39 is 0 Å². The molecule has 0 saturated carbocycles. The smallest absolute Gasteiger partial charge is 0.0655 e. The van der Waals surface area contributed by atoms with Crippen molar-refractivity contribution in [2.75, 3.05) is 0 Å². The van der Waals surface area contributed by atoms with Crippen molar-refractivity contribution in [3.05, 3.63) is 12.2 Å². The molecule has 0 amide bonds. The second-order valence-electron chi connectivity index (χ2n) is 2.51. The fourth-order valence-corrected chi connectivity index (χ4v) is 0.875. The molecule has 0 aliphatic heterocycles. The maximum Gasteiger partial charge on any atom is 0.0655 e. The molecule has 0 saturated heterocycles. The zero-order valence-corrected chi connectivity index (χ0v) is 5.46. The molecule has 0 aromatic carbocycles. The highest BCUT2D eigenvalue weighted by Gasteiger charge is 2.16. The highest BCUT2D eigenvalue weighted by Crippen LogP contribution is 2.14. The van der Waals surface area contributed by atoms with E-state index in [1.807, 2.05) is 13.0 Å². The van der Waals surface area contributed by atoms with Crippen molar-refractivity contribution in [2.24, 2.45) is 5.92 Å². The predicted octanol–water partition coefficient (Wildman–Crippen LogP) is 0.963. The van der Waals surface area contributed by atoms with Crippen molar-refractivity contribution in [3.63, 3.8) is 0 Å². The average molecular weight is 125 g/mol. The van der Waals surface area contributed by atoms with Gasteiger partial charge in [-0.05, 0) is 6.08 Å². The molecule has 2 N–H and O–H groups in total. The summed E-state index contributed by atoms with van der Waals surface area (Å²) in [4.78, 5) is 0. The van der Waals surface area contributed by atoms with Gasteiger partial charge in [-0.25, -0.2) is 0 Å². The molecular weight excluding hydrogens is 114 g/mol. The van der Waals surface area contributed by atoms with Gasteiger partial charge in [-0.2, -0.15) is 0 Å². The number of hydrogen-bond donors (Lipinski definition) is 2. The first kappa shape index (κ1) is 6.49. The molecule has 0 bridgehead atoms. The fourth-order valence-electron chi connectivity index (χ4n) is 0.875. The van der Waals surface area contributed by atoms with Crippen molar-refractivity contribution in [2.45, 2.75) is 19.4 Å². The summed E-state index contributed by atoms with van der Waals surface area (Å²) >= 11 is 0. The summed E-state index contributed by atoms with van der Waals surface area (Å²) in [6, 6.07) is 0. The first-order valence-electron chi connectivity index (χ1n) is 3.14. The van der Waals surface area contributed by atoms with E-state index in [0.29, 0.717) is 12.1 Å². The van der Waals surface area contributed by atoms with Crippen LogP contribution in [0.1, 0.15) is 13.3 Å². The van der Waals surface area contributed by atoms with Crippen LogP contribution in [0, 0.1) is 11.3 Å². The Morgan fingerprint density at radius 2 is 2.44 bits per heavy atom. The summed E-state index contributed by atoms with van der Waals surface area (Å²) in [7, 11) is 0. The summed E-state index contributed by atoms with van der Waals surface area (Å²) in [6.07, 6.45) is 3.81. The molecule has 2 atom stereocenters. The third kappa shape index (κ3) is 1.39. The van der Waals surface area contributed by atoms with Crippen molar-refractivity contribution < 1.29 is 5.11 Å². The summed E-state index contributed by atoms with van der Waals surface area (Å²) in [5, 5.41) is 16.3. The minimum atomic E-state index is -0.331. The number of allylic oxidation sites excluding steroid dienone is 1. The van der Waals surface area contributed by atoms with E-state index >= 15 is 0 Å². The molecule has 1 aliphatic carbocycles. The minimum absolute atomic E-state index is 0.221. The standard InChI is InChI=1S/C7H11NO/c1-5-2-3-6(8)4-7(5)9/h2-3,5,7-9H,4H2,1H3. The molecular formula is C7H11NO. The molecule has 2 unspecified atom stereocenters. The lowest BCUT2D eigenvalue weighted by atomic mass is 9.93. The Kier molecular flexibility index (Phi) is 1.67. The van der Waals surface area contributed by atoms with Gasteiger partial charge in [0.05, 0.1) is 6.10 Å². The van der Waals surface area contributed by atoms with E-state index in [-0.39, 0.29) is 12.0 Å². The molecule has 0 aromatic rings. The third-order valence-electron chi connectivity index (χ3n) is 1.64. The lowest BCUT2D eigenvalue weighted by Crippen LogP contribution is -2.22. The Bertz CT molecular complexity index is 151. The fraction of sp³-hybridized carbons (Fsp3) is 0.571. The molecule has 0 heterocycles. The Labute approximate surface area is 54.7 Å². The van der Waals surface area contributed by atoms with Crippen LogP contribution in [0.5, 0.6) is 0 Å². The van der Waals surface area contributed by atoms with Gasteiger partial charge in [0.2, 0.25) is 0 Å². The van der Waals surface area contributed by atoms with Crippen LogP contribution in [-0.2, 0) is 0 Å². The first-order valence-corrected chi connectivity index (χ1v) is 3.14. The maximum absolute atomic E-state index is 9.16. The van der Waals surface area contributed by atoms with Gasteiger partial charge < -0.3 is 10.5 Å². The Morgan fingerprint density at radius 1 is 1.78 bits per heavy atom. The van der Waals surface area contributed by atoms with E-state index in [4.69, 9.17) is 10.5 Å². The molecule has 50 valence electrons. The molecule has 0 radical (unpaired) electrons. The van der Waals surface area contributed by atoms with Crippen LogP contribution in [0.3, 0.4) is 0 Å². The number of aliphatic hydroxyl groups is 1. The van der Waals surface area contributed by atoms with Gasteiger partial charge in [-0.1, -0.05) is 13.0 Å². The average Bonchev–Trinajstić information content (AvgIpc) is 1.80. The van der Waals surface area contributed by atoms with Gasteiger partial charge >= 0.3 is 0 Å². The lowest BCUT2D eigenvalue weighted by molar-refractivity contribution is 0.143. The molecule has 0 fully saturated rings. The van der Waals surface area contributed by atoms with Gasteiger partial charge in [-0.15, -0.1) is 0 Å². The first-order chi connectivity index (χ1) is 4.20. The summed E-state index contributed by atoms with van der Waals surface area (Å²) in [5.74, 6) is 0.221. The zero-order valence-electron chi connectivity index (χ0n) is 5.46. The molecule has 9 heavy (non-hydrogen) atoms. The zero-order chi connectivity index (χ0) is 6.85. The number of aliphatic hydroxyl groups excluding tert-OH is 1. The van der Waals surface area contributed by atoms with Crippen LogP contribution in [0.4, 0.5) is 0 Å². The molecule has 0 spiro atoms. The topological polar surface area (TPSA) is 44.1 Å². The van der Waals surface area contributed by atoms with Crippen molar-refractivity contribution >= 4 is 5.71 Å². The third-order valence-corrected chi connectivity index (χ3v) is 1.64. The van der Waals surface area contributed by atoms with Gasteiger partial charge in [0.25, 0.3) is 0 Å². The van der Waals surface area contributed by atoms with Gasteiger partial charge in [0, 0.05) is 18.1 Å². The Morgan fingerprint density at radius 3 is 2.89 bits per heavy atom. The second kappa shape index (κ2) is 2.31. The molecule has 1 rings (SSSR count). The van der Waals surface area contributed by atoms with Crippen LogP contribution in [-0.4, -0.2) is 16.9 Å². The van der Waals surface area contributed by atoms with Crippen LogP contribution in [0.2, 0.25) is 0 Å². The maximum atomic E-state index is 9.16. The van der Waals surface area contributed by atoms with Crippen LogP contribution < -0.4 is 0 Å². The predicted molar refractivity (Wildman–Crippen MR) is 36.7 cm³/mol. The monoisotopic (exact) mass is 125 g/mol. The molecule has 0 aromatic heterocycles. The molecule has 1 aliphatic rings. The van der Waals surface area contributed by atoms with Gasteiger partial charge in [0.1, 0.15) is 0 Å². The highest BCUT2D eigenvalue weighted by atomic mass is 16.3.